The maximum Gasteiger partial charge on any atom is 1.00 e. The summed E-state index contributed by atoms with van der Waals surface area (Å²) in [5.74, 6) is 1.53. The molecule has 2 N–H and O–H groups in total. The average molecular weight is 797 g/mol. The van der Waals surface area contributed by atoms with E-state index in [1.54, 1.807) is 52.5 Å². The molecule has 0 fully saturated rings. The van der Waals surface area contributed by atoms with Gasteiger partial charge in [-0.25, -0.2) is 0 Å². The fraction of sp³-hybridized carbons (Fsp3) is 0.0435. The van der Waals surface area contributed by atoms with Crippen molar-refractivity contribution in [3.05, 3.63) is 124 Å². The van der Waals surface area contributed by atoms with E-state index in [9.17, 15) is 10.2 Å². The van der Waals surface area contributed by atoms with E-state index in [4.69, 9.17) is 4.74 Å². The Bertz CT molecular complexity index is 3390. The van der Waals surface area contributed by atoms with Crippen LogP contribution >= 0.6 is 45.3 Å². The first kappa shape index (κ1) is 34.7. The molecule has 8 aromatic carbocycles. The molecule has 0 aliphatic carbocycles. The van der Waals surface area contributed by atoms with Crippen molar-refractivity contribution in [2.75, 3.05) is 7.11 Å². The Labute approximate surface area is 369 Å². The molecule has 0 aliphatic rings. The van der Waals surface area contributed by atoms with E-state index in [1.165, 1.54) is 58.1 Å². The van der Waals surface area contributed by atoms with Gasteiger partial charge >= 0.3 is 51.4 Å². The number of ether oxygens (including phenoxy) is 1. The molecule has 12 rings (SSSR count). The molecule has 4 aromatic heterocycles. The Morgan fingerprint density at radius 2 is 0.759 bits per heavy atom. The number of methoxy groups -OCH3 is 1. The largest absolute Gasteiger partial charge is 1.00 e. The Morgan fingerprint density at radius 3 is 1.20 bits per heavy atom. The molecule has 4 heterocycles. The normalized spacial score (nSPS) is 11.9. The summed E-state index contributed by atoms with van der Waals surface area (Å²) in [5.41, 5.74) is 1.33. The monoisotopic (exact) mass is 796 g/mol. The molecule has 8 heteroatoms. The van der Waals surface area contributed by atoms with Crippen LogP contribution < -0.4 is 56.1 Å². The van der Waals surface area contributed by atoms with Gasteiger partial charge in [-0.3, -0.25) is 0 Å². The van der Waals surface area contributed by atoms with Crippen molar-refractivity contribution in [3.8, 4) is 17.2 Å². The quantitative estimate of drug-likeness (QED) is 0.128. The third kappa shape index (κ3) is 5.02. The zero-order valence-corrected chi connectivity index (χ0v) is 35.9. The topological polar surface area (TPSA) is 49.7 Å². The van der Waals surface area contributed by atoms with Gasteiger partial charge in [-0.2, -0.15) is 0 Å². The summed E-state index contributed by atoms with van der Waals surface area (Å²) in [6.07, 6.45) is 0. The van der Waals surface area contributed by atoms with E-state index in [0.29, 0.717) is 0 Å². The fourth-order valence-electron chi connectivity index (χ4n) is 8.59. The summed E-state index contributed by atoms with van der Waals surface area (Å²) in [6.45, 7) is 2.23. The number of benzene rings is 8. The molecule has 256 valence electrons. The van der Waals surface area contributed by atoms with Crippen molar-refractivity contribution in [2.24, 2.45) is 0 Å². The average Bonchev–Trinajstić information content (AvgIpc) is 4.01. The minimum absolute atomic E-state index is 0. The van der Waals surface area contributed by atoms with Crippen LogP contribution in [0.15, 0.2) is 119 Å². The van der Waals surface area contributed by atoms with Crippen LogP contribution in [0.5, 0.6) is 17.2 Å². The molecule has 12 aromatic rings. The van der Waals surface area contributed by atoms with Crippen LogP contribution in [-0.2, 0) is 0 Å². The number of phenols is 2. The Balaban J connectivity index is 0.000000139. The molecular weight excluding hydrogens is 768 g/mol. The molecular formula is C46H29KO3S4. The van der Waals surface area contributed by atoms with Crippen molar-refractivity contribution < 1.29 is 67.8 Å². The van der Waals surface area contributed by atoms with E-state index in [0.717, 1.165) is 58.2 Å². The minimum atomic E-state index is 0. The second-order valence-corrected chi connectivity index (χ2v) is 17.3. The molecule has 0 bridgehead atoms. The Hall–Kier alpha value is -3.80. The molecule has 3 nitrogen and oxygen atoms in total. The Morgan fingerprint density at radius 1 is 0.407 bits per heavy atom. The first-order chi connectivity index (χ1) is 26.0. The summed E-state index contributed by atoms with van der Waals surface area (Å²) in [7, 11) is 1.78. The van der Waals surface area contributed by atoms with Gasteiger partial charge < -0.3 is 16.4 Å². The molecule has 0 amide bonds. The van der Waals surface area contributed by atoms with Crippen molar-refractivity contribution in [3.63, 3.8) is 0 Å². The molecule has 0 unspecified atom stereocenters. The van der Waals surface area contributed by atoms with Crippen molar-refractivity contribution in [1.29, 1.82) is 0 Å². The predicted molar refractivity (Wildman–Crippen MR) is 235 cm³/mol. The second kappa shape index (κ2) is 13.2. The van der Waals surface area contributed by atoms with Crippen LogP contribution in [0.25, 0.3) is 105 Å². The van der Waals surface area contributed by atoms with Crippen LogP contribution in [0.1, 0.15) is 6.99 Å². The van der Waals surface area contributed by atoms with Gasteiger partial charge in [0.2, 0.25) is 0 Å². The molecule has 0 saturated carbocycles. The van der Waals surface area contributed by atoms with Gasteiger partial charge in [-0.1, -0.05) is 30.3 Å². The molecule has 0 atom stereocenters. The molecule has 0 radical (unpaired) electrons. The number of phenolic OH excluding ortho intramolecular Hbond substituents is 2. The maximum absolute atomic E-state index is 10.8. The summed E-state index contributed by atoms with van der Waals surface area (Å²) in [5, 5.41) is 48.1. The standard InChI is InChI=1S/C24H16OS2.C22H12O2S2.K.H/c1-13-11-18-15-4-6-22-17(8-10-27-22)24(15)20(25-2)12-19(18)14-3-5-21-16(23(13)14)7-9-26-21;23-17-10-16-12-2-4-20-14(6-8-26-20)22(12)18(24)9-15(16)11-1-3-19-13(21(11)17)5-7-25-19;;/h3-12H,1-2H3;1-10,23-24H;;/q;;+1;-1. The summed E-state index contributed by atoms with van der Waals surface area (Å²) < 4.78 is 10.8. The number of hydrogen-bond acceptors (Lipinski definition) is 7. The minimum Gasteiger partial charge on any atom is -1.00 e. The molecule has 54 heavy (non-hydrogen) atoms. The smallest absolute Gasteiger partial charge is 1.00 e. The zero-order chi connectivity index (χ0) is 35.5. The van der Waals surface area contributed by atoms with Crippen molar-refractivity contribution in [2.45, 2.75) is 6.92 Å². The number of rotatable bonds is 1. The summed E-state index contributed by atoms with van der Waals surface area (Å²) in [6, 6.07) is 34.1. The van der Waals surface area contributed by atoms with Gasteiger partial charge in [-0.05, 0) is 149 Å². The van der Waals surface area contributed by atoms with Gasteiger partial charge in [0.1, 0.15) is 17.2 Å². The van der Waals surface area contributed by atoms with Crippen LogP contribution in [0.3, 0.4) is 0 Å². The van der Waals surface area contributed by atoms with E-state index in [-0.39, 0.29) is 64.3 Å². The van der Waals surface area contributed by atoms with Gasteiger partial charge in [-0.15, -0.1) is 45.3 Å². The van der Waals surface area contributed by atoms with E-state index < -0.39 is 0 Å². The van der Waals surface area contributed by atoms with E-state index in [1.807, 2.05) is 47.2 Å². The number of aryl methyl sites for hydroxylation is 1. The number of thiophene rings is 4. The SMILES string of the molecule is COc1cc2c(cc(C)c3c4ccsc4ccc23)c2ccc3sccc3c12.Oc1cc2c(cc(O)c3c4ccsc4ccc23)c2ccc3sccc3c12.[H-].[K+]. The zero-order valence-electron chi connectivity index (χ0n) is 30.5. The first-order valence-corrected chi connectivity index (χ1v) is 20.8. The van der Waals surface area contributed by atoms with Crippen LogP contribution in [0, 0.1) is 6.92 Å². The second-order valence-electron chi connectivity index (χ2n) is 13.5. The third-order valence-corrected chi connectivity index (χ3v) is 14.4. The van der Waals surface area contributed by atoms with Crippen LogP contribution in [-0.4, -0.2) is 17.3 Å². The predicted octanol–water partition coefficient (Wildman–Crippen LogP) is 12.0. The molecule has 0 saturated heterocycles. The number of hydrogen-bond donors (Lipinski definition) is 2. The van der Waals surface area contributed by atoms with Gasteiger partial charge in [0.05, 0.1) is 7.11 Å². The van der Waals surface area contributed by atoms with E-state index >= 15 is 0 Å². The van der Waals surface area contributed by atoms with Crippen molar-refractivity contribution >= 4 is 150 Å². The van der Waals surface area contributed by atoms with Gasteiger partial charge in [0, 0.05) is 56.5 Å². The molecule has 0 spiro atoms. The van der Waals surface area contributed by atoms with E-state index in [2.05, 4.69) is 78.3 Å². The van der Waals surface area contributed by atoms with Gasteiger partial charge in [0.25, 0.3) is 0 Å². The van der Waals surface area contributed by atoms with Gasteiger partial charge in [0.15, 0.2) is 0 Å². The van der Waals surface area contributed by atoms with Crippen molar-refractivity contribution in [1.82, 2.24) is 0 Å². The fourth-order valence-corrected chi connectivity index (χ4v) is 11.8. The van der Waals surface area contributed by atoms with Crippen LogP contribution in [0.2, 0.25) is 0 Å². The number of fused-ring (bicyclic) bond motifs is 18. The first-order valence-electron chi connectivity index (χ1n) is 17.3. The van der Waals surface area contributed by atoms with Crippen LogP contribution in [0.4, 0.5) is 0 Å². The summed E-state index contributed by atoms with van der Waals surface area (Å²) in [4.78, 5) is 0. The molecule has 0 aliphatic heterocycles. The third-order valence-electron chi connectivity index (χ3n) is 10.9. The summed E-state index contributed by atoms with van der Waals surface area (Å²) >= 11 is 6.92. The Kier molecular flexibility index (Phi) is 8.45. The maximum atomic E-state index is 10.8. The number of aromatic hydroxyl groups is 2.